The molecule has 0 unspecified atom stereocenters. The van der Waals surface area contributed by atoms with Crippen LogP contribution in [0.15, 0.2) is 30.5 Å². The highest BCUT2D eigenvalue weighted by molar-refractivity contribution is 7.80. The summed E-state index contributed by atoms with van der Waals surface area (Å²) < 4.78 is 0. The van der Waals surface area contributed by atoms with E-state index in [1.54, 1.807) is 0 Å². The maximum absolute atomic E-state index is 11.9. The minimum Gasteiger partial charge on any atom is -0.389 e. The van der Waals surface area contributed by atoms with Crippen LogP contribution in [0.2, 0.25) is 0 Å². The number of thiocarbonyl (C=S) groups is 1. The third kappa shape index (κ3) is 3.64. The van der Waals surface area contributed by atoms with Crippen LogP contribution in [0.1, 0.15) is 23.1 Å². The summed E-state index contributed by atoms with van der Waals surface area (Å²) in [5.74, 6) is 0.347. The molecule has 0 aliphatic carbocycles. The van der Waals surface area contributed by atoms with Crippen molar-refractivity contribution in [1.82, 2.24) is 10.2 Å². The zero-order valence-corrected chi connectivity index (χ0v) is 12.0. The maximum atomic E-state index is 11.9. The summed E-state index contributed by atoms with van der Waals surface area (Å²) in [6, 6.07) is 8.10. The fourth-order valence-corrected chi connectivity index (χ4v) is 2.05. The van der Waals surface area contributed by atoms with E-state index in [9.17, 15) is 4.79 Å². The molecule has 0 saturated heterocycles. The first kappa shape index (κ1) is 14.2. The lowest BCUT2D eigenvalue weighted by Crippen LogP contribution is -2.17. The van der Waals surface area contributed by atoms with Crippen LogP contribution in [0.5, 0.6) is 0 Å². The third-order valence-electron chi connectivity index (χ3n) is 2.89. The zero-order valence-electron chi connectivity index (χ0n) is 11.1. The van der Waals surface area contributed by atoms with Gasteiger partial charge in [-0.3, -0.25) is 9.89 Å². The smallest absolute Gasteiger partial charge is 0.225 e. The number of nitrogens with two attached hydrogens (primary N) is 1. The summed E-state index contributed by atoms with van der Waals surface area (Å²) in [6.45, 7) is 2.03. The van der Waals surface area contributed by atoms with Crippen LogP contribution in [0.25, 0.3) is 0 Å². The topological polar surface area (TPSA) is 83.8 Å². The SMILES string of the molecule is Cc1cccc(CCC(=O)Nc2[nH]ncc2C(N)=S)c1. The fraction of sp³-hybridized carbons (Fsp3) is 0.214. The Kier molecular flexibility index (Phi) is 4.47. The van der Waals surface area contributed by atoms with Crippen LogP contribution < -0.4 is 11.1 Å². The molecule has 0 aliphatic heterocycles. The van der Waals surface area contributed by atoms with Crippen molar-refractivity contribution in [2.45, 2.75) is 19.8 Å². The lowest BCUT2D eigenvalue weighted by atomic mass is 10.1. The summed E-state index contributed by atoms with van der Waals surface area (Å²) in [7, 11) is 0. The number of rotatable bonds is 5. The summed E-state index contributed by atoms with van der Waals surface area (Å²) in [6.07, 6.45) is 2.57. The molecule has 0 radical (unpaired) electrons. The maximum Gasteiger partial charge on any atom is 0.225 e. The Morgan fingerprint density at radius 1 is 1.50 bits per heavy atom. The predicted octanol–water partition coefficient (Wildman–Crippen LogP) is 1.92. The van der Waals surface area contributed by atoms with Gasteiger partial charge in [0.15, 0.2) is 0 Å². The number of carbonyl (C=O) groups excluding carboxylic acids is 1. The van der Waals surface area contributed by atoms with Gasteiger partial charge >= 0.3 is 0 Å². The minimum atomic E-state index is -0.103. The van der Waals surface area contributed by atoms with Gasteiger partial charge in [-0.15, -0.1) is 0 Å². The molecule has 0 bridgehead atoms. The Morgan fingerprint density at radius 2 is 2.30 bits per heavy atom. The van der Waals surface area contributed by atoms with Crippen molar-refractivity contribution in [1.29, 1.82) is 0 Å². The molecule has 1 amide bonds. The number of carbonyl (C=O) groups is 1. The molecule has 0 aliphatic rings. The first-order valence-corrected chi connectivity index (χ1v) is 6.65. The Morgan fingerprint density at radius 3 is 3.00 bits per heavy atom. The number of aromatic nitrogens is 2. The summed E-state index contributed by atoms with van der Waals surface area (Å²) in [5.41, 5.74) is 8.41. The Bertz CT molecular complexity index is 636. The Hall–Kier alpha value is -2.21. The number of aromatic amines is 1. The molecular formula is C14H16N4OS. The van der Waals surface area contributed by atoms with Gasteiger partial charge < -0.3 is 11.1 Å². The summed E-state index contributed by atoms with van der Waals surface area (Å²) in [4.78, 5) is 12.1. The number of hydrogen-bond acceptors (Lipinski definition) is 3. The van der Waals surface area contributed by atoms with Gasteiger partial charge in [-0.05, 0) is 18.9 Å². The lowest BCUT2D eigenvalue weighted by molar-refractivity contribution is -0.116. The number of H-pyrrole nitrogens is 1. The van der Waals surface area contributed by atoms with E-state index < -0.39 is 0 Å². The lowest BCUT2D eigenvalue weighted by Gasteiger charge is -2.05. The van der Waals surface area contributed by atoms with Crippen molar-refractivity contribution in [2.24, 2.45) is 5.73 Å². The second kappa shape index (κ2) is 6.29. The Labute approximate surface area is 122 Å². The molecule has 20 heavy (non-hydrogen) atoms. The van der Waals surface area contributed by atoms with E-state index in [0.717, 1.165) is 5.56 Å². The summed E-state index contributed by atoms with van der Waals surface area (Å²) in [5, 5.41) is 9.23. The standard InChI is InChI=1S/C14H16N4OS/c1-9-3-2-4-10(7-9)5-6-12(19)17-14-11(13(15)20)8-16-18-14/h2-4,7-8H,5-6H2,1H3,(H2,15,20)(H2,16,17,18,19). The van der Waals surface area contributed by atoms with E-state index in [0.29, 0.717) is 24.2 Å². The molecule has 0 fully saturated rings. The van der Waals surface area contributed by atoms with Crippen LogP contribution in [0, 0.1) is 6.92 Å². The predicted molar refractivity (Wildman–Crippen MR) is 82.6 cm³/mol. The van der Waals surface area contributed by atoms with E-state index in [-0.39, 0.29) is 10.9 Å². The molecule has 6 heteroatoms. The Balaban J connectivity index is 1.93. The zero-order chi connectivity index (χ0) is 14.5. The second-order valence-corrected chi connectivity index (χ2v) is 5.00. The van der Waals surface area contributed by atoms with Crippen molar-refractivity contribution in [3.05, 3.63) is 47.2 Å². The van der Waals surface area contributed by atoms with Crippen LogP contribution in [-0.2, 0) is 11.2 Å². The highest BCUT2D eigenvalue weighted by Gasteiger charge is 2.10. The fourth-order valence-electron chi connectivity index (χ4n) is 1.90. The van der Waals surface area contributed by atoms with E-state index in [4.69, 9.17) is 18.0 Å². The monoisotopic (exact) mass is 288 g/mol. The van der Waals surface area contributed by atoms with Gasteiger partial charge in [0.1, 0.15) is 10.8 Å². The molecular weight excluding hydrogens is 272 g/mol. The van der Waals surface area contributed by atoms with Crippen LogP contribution in [0.3, 0.4) is 0 Å². The number of anilines is 1. The molecule has 1 heterocycles. The van der Waals surface area contributed by atoms with E-state index in [1.165, 1.54) is 11.8 Å². The number of aryl methyl sites for hydroxylation is 2. The van der Waals surface area contributed by atoms with Crippen molar-refractivity contribution < 1.29 is 4.79 Å². The van der Waals surface area contributed by atoms with Crippen LogP contribution in [-0.4, -0.2) is 21.1 Å². The van der Waals surface area contributed by atoms with Crippen LogP contribution >= 0.6 is 12.2 Å². The van der Waals surface area contributed by atoms with Crippen molar-refractivity contribution >= 4 is 28.9 Å². The van der Waals surface area contributed by atoms with Gasteiger partial charge in [0.05, 0.1) is 11.8 Å². The van der Waals surface area contributed by atoms with Gasteiger partial charge in [-0.25, -0.2) is 0 Å². The molecule has 2 rings (SSSR count). The second-order valence-electron chi connectivity index (χ2n) is 4.56. The molecule has 0 spiro atoms. The van der Waals surface area contributed by atoms with Gasteiger partial charge in [0.2, 0.25) is 5.91 Å². The molecule has 1 aromatic heterocycles. The van der Waals surface area contributed by atoms with E-state index >= 15 is 0 Å². The van der Waals surface area contributed by atoms with E-state index in [2.05, 4.69) is 21.6 Å². The van der Waals surface area contributed by atoms with Crippen molar-refractivity contribution in [2.75, 3.05) is 5.32 Å². The number of nitrogens with zero attached hydrogens (tertiary/aromatic N) is 1. The van der Waals surface area contributed by atoms with Gasteiger partial charge in [-0.2, -0.15) is 5.10 Å². The number of amides is 1. The van der Waals surface area contributed by atoms with E-state index in [1.807, 2.05) is 25.1 Å². The first-order chi connectivity index (χ1) is 9.56. The van der Waals surface area contributed by atoms with Crippen LogP contribution in [0.4, 0.5) is 5.82 Å². The number of hydrogen-bond donors (Lipinski definition) is 3. The third-order valence-corrected chi connectivity index (χ3v) is 3.11. The molecule has 5 nitrogen and oxygen atoms in total. The number of benzene rings is 1. The molecule has 0 saturated carbocycles. The molecule has 4 N–H and O–H groups in total. The average molecular weight is 288 g/mol. The number of nitrogens with one attached hydrogen (secondary N) is 2. The summed E-state index contributed by atoms with van der Waals surface area (Å²) >= 11 is 4.88. The molecule has 1 aromatic carbocycles. The van der Waals surface area contributed by atoms with Crippen molar-refractivity contribution in [3.8, 4) is 0 Å². The first-order valence-electron chi connectivity index (χ1n) is 6.25. The minimum absolute atomic E-state index is 0.103. The molecule has 2 aromatic rings. The highest BCUT2D eigenvalue weighted by Crippen LogP contribution is 2.12. The van der Waals surface area contributed by atoms with Gasteiger partial charge in [-0.1, -0.05) is 42.0 Å². The average Bonchev–Trinajstić information content (AvgIpc) is 2.85. The largest absolute Gasteiger partial charge is 0.389 e. The van der Waals surface area contributed by atoms with Crippen molar-refractivity contribution in [3.63, 3.8) is 0 Å². The van der Waals surface area contributed by atoms with Gasteiger partial charge in [0, 0.05) is 6.42 Å². The molecule has 104 valence electrons. The molecule has 0 atom stereocenters. The van der Waals surface area contributed by atoms with Gasteiger partial charge in [0.25, 0.3) is 0 Å². The highest BCUT2D eigenvalue weighted by atomic mass is 32.1. The quantitative estimate of drug-likeness (QED) is 0.734. The normalized spacial score (nSPS) is 10.2.